The van der Waals surface area contributed by atoms with Gasteiger partial charge in [-0.05, 0) is 64.9 Å². The number of aryl methyl sites for hydroxylation is 1. The highest BCUT2D eigenvalue weighted by Gasteiger charge is 2.23. The van der Waals surface area contributed by atoms with Crippen LogP contribution in [0.25, 0.3) is 11.6 Å². The molecule has 172 valence electrons. The molecule has 0 atom stereocenters. The minimum absolute atomic E-state index is 0.155. The molecular formula is C24H20BrN5O2S2. The van der Waals surface area contributed by atoms with Crippen LogP contribution in [0.5, 0.6) is 0 Å². The van der Waals surface area contributed by atoms with Crippen LogP contribution in [0.4, 0.5) is 5.00 Å². The predicted molar refractivity (Wildman–Crippen MR) is 136 cm³/mol. The van der Waals surface area contributed by atoms with Gasteiger partial charge in [-0.15, -0.1) is 21.5 Å². The third kappa shape index (κ3) is 4.82. The lowest BCUT2D eigenvalue weighted by molar-refractivity contribution is -0.113. The number of amides is 1. The molecule has 0 unspecified atom stereocenters. The van der Waals surface area contributed by atoms with E-state index in [0.29, 0.717) is 38.5 Å². The Bertz CT molecular complexity index is 1370. The molecule has 5 rings (SSSR count). The maximum atomic E-state index is 12.8. The molecule has 1 aliphatic rings. The number of anilines is 1. The van der Waals surface area contributed by atoms with Gasteiger partial charge in [-0.2, -0.15) is 5.26 Å². The minimum Gasteiger partial charge on any atom is -0.446 e. The summed E-state index contributed by atoms with van der Waals surface area (Å²) in [5.41, 5.74) is 2.82. The topological polar surface area (TPSA) is 96.7 Å². The molecule has 7 nitrogen and oxygen atoms in total. The van der Waals surface area contributed by atoms with Crippen molar-refractivity contribution < 1.29 is 9.21 Å². The number of nitrogens with zero attached hydrogens (tertiary/aromatic N) is 4. The first kappa shape index (κ1) is 22.9. The van der Waals surface area contributed by atoms with Crippen LogP contribution in [0.15, 0.2) is 56.7 Å². The fourth-order valence-electron chi connectivity index (χ4n) is 3.99. The molecule has 4 aromatic rings. The number of nitriles is 1. The number of nitrogens with one attached hydrogen (secondary N) is 1. The molecule has 0 spiro atoms. The number of thioether (sulfide) groups is 1. The highest BCUT2D eigenvalue weighted by molar-refractivity contribution is 9.10. The minimum atomic E-state index is -0.170. The fourth-order valence-corrected chi connectivity index (χ4v) is 6.29. The summed E-state index contributed by atoms with van der Waals surface area (Å²) in [6.07, 6.45) is 4.11. The van der Waals surface area contributed by atoms with E-state index in [1.165, 1.54) is 28.0 Å². The largest absolute Gasteiger partial charge is 0.446 e. The summed E-state index contributed by atoms with van der Waals surface area (Å²) in [5.74, 6) is 1.17. The van der Waals surface area contributed by atoms with Crippen LogP contribution in [0.2, 0.25) is 0 Å². The van der Waals surface area contributed by atoms with E-state index in [-0.39, 0.29) is 11.7 Å². The van der Waals surface area contributed by atoms with Gasteiger partial charge >= 0.3 is 0 Å². The summed E-state index contributed by atoms with van der Waals surface area (Å²) in [6.45, 7) is 0.543. The number of fused-ring (bicyclic) bond motifs is 1. The first-order chi connectivity index (χ1) is 16.6. The Balaban J connectivity index is 1.34. The highest BCUT2D eigenvalue weighted by atomic mass is 79.9. The first-order valence-electron chi connectivity index (χ1n) is 10.8. The van der Waals surface area contributed by atoms with Crippen molar-refractivity contribution >= 4 is 49.9 Å². The van der Waals surface area contributed by atoms with E-state index in [2.05, 4.69) is 37.5 Å². The molecule has 0 radical (unpaired) electrons. The molecule has 34 heavy (non-hydrogen) atoms. The van der Waals surface area contributed by atoms with Gasteiger partial charge in [0.2, 0.25) is 11.7 Å². The van der Waals surface area contributed by atoms with Crippen molar-refractivity contribution in [2.75, 3.05) is 11.1 Å². The SMILES string of the molecule is N#Cc1c(NC(=O)CSc2nnc(-c3ccc(Br)o3)n2Cc2ccccc2)sc2c1CCCC2. The molecule has 1 amide bonds. The molecule has 3 heterocycles. The van der Waals surface area contributed by atoms with E-state index in [0.717, 1.165) is 36.8 Å². The zero-order chi connectivity index (χ0) is 23.5. The molecule has 1 aliphatic carbocycles. The van der Waals surface area contributed by atoms with E-state index in [4.69, 9.17) is 4.42 Å². The molecular weight excluding hydrogens is 534 g/mol. The summed E-state index contributed by atoms with van der Waals surface area (Å²) >= 11 is 6.18. The maximum absolute atomic E-state index is 12.8. The van der Waals surface area contributed by atoms with Crippen molar-refractivity contribution in [1.29, 1.82) is 5.26 Å². The molecule has 0 saturated heterocycles. The second-order valence-corrected chi connectivity index (χ2v) is 10.7. The summed E-state index contributed by atoms with van der Waals surface area (Å²) in [4.78, 5) is 14.0. The number of thiophene rings is 1. The van der Waals surface area contributed by atoms with Gasteiger partial charge in [-0.25, -0.2) is 0 Å². The number of halogens is 1. The summed E-state index contributed by atoms with van der Waals surface area (Å²) in [5, 5.41) is 22.5. The smallest absolute Gasteiger partial charge is 0.235 e. The Hall–Kier alpha value is -2.87. The van der Waals surface area contributed by atoms with Gasteiger partial charge in [-0.3, -0.25) is 9.36 Å². The zero-order valence-electron chi connectivity index (χ0n) is 18.1. The quantitative estimate of drug-likeness (QED) is 0.286. The van der Waals surface area contributed by atoms with E-state index < -0.39 is 0 Å². The second-order valence-electron chi connectivity index (χ2n) is 7.85. The second kappa shape index (κ2) is 10.2. The normalized spacial score (nSPS) is 12.8. The fraction of sp³-hybridized carbons (Fsp3) is 0.250. The Kier molecular flexibility index (Phi) is 6.85. The first-order valence-corrected chi connectivity index (χ1v) is 13.4. The van der Waals surface area contributed by atoms with Crippen LogP contribution in [0.1, 0.15) is 34.4 Å². The zero-order valence-corrected chi connectivity index (χ0v) is 21.3. The number of hydrogen-bond acceptors (Lipinski definition) is 7. The van der Waals surface area contributed by atoms with E-state index in [1.54, 1.807) is 0 Å². The summed E-state index contributed by atoms with van der Waals surface area (Å²) in [6, 6.07) is 15.9. The van der Waals surface area contributed by atoms with Crippen molar-refractivity contribution in [3.8, 4) is 17.7 Å². The average molecular weight is 554 g/mol. The summed E-state index contributed by atoms with van der Waals surface area (Å²) < 4.78 is 8.26. The van der Waals surface area contributed by atoms with E-state index >= 15 is 0 Å². The van der Waals surface area contributed by atoms with Crippen LogP contribution in [-0.4, -0.2) is 26.4 Å². The van der Waals surface area contributed by atoms with Crippen LogP contribution in [0, 0.1) is 11.3 Å². The molecule has 3 aromatic heterocycles. The Morgan fingerprint density at radius 2 is 2.03 bits per heavy atom. The van der Waals surface area contributed by atoms with Gasteiger partial charge in [0.1, 0.15) is 11.1 Å². The van der Waals surface area contributed by atoms with Crippen molar-refractivity contribution in [2.45, 2.75) is 37.4 Å². The van der Waals surface area contributed by atoms with Gasteiger partial charge in [0.05, 0.1) is 17.9 Å². The molecule has 0 aliphatic heterocycles. The number of rotatable bonds is 7. The summed E-state index contributed by atoms with van der Waals surface area (Å²) in [7, 11) is 0. The molecule has 1 aromatic carbocycles. The third-order valence-corrected chi connectivity index (χ3v) is 8.16. The van der Waals surface area contributed by atoms with Gasteiger partial charge in [0.25, 0.3) is 0 Å². The lowest BCUT2D eigenvalue weighted by Crippen LogP contribution is -2.15. The van der Waals surface area contributed by atoms with Gasteiger partial charge in [0, 0.05) is 4.88 Å². The monoisotopic (exact) mass is 553 g/mol. The van der Waals surface area contributed by atoms with Gasteiger partial charge in [0.15, 0.2) is 15.6 Å². The molecule has 1 N–H and O–H groups in total. The number of benzene rings is 1. The molecule has 0 bridgehead atoms. The van der Waals surface area contributed by atoms with Gasteiger partial charge in [-0.1, -0.05) is 42.1 Å². The molecule has 0 fully saturated rings. The standard InChI is InChI=1S/C24H20BrN5O2S2/c25-20-11-10-18(32-20)22-28-29-24(30(22)13-15-6-2-1-3-7-15)33-14-21(31)27-23-17(12-26)16-8-4-5-9-19(16)34-23/h1-3,6-7,10-11H,4-5,8-9,13-14H2,(H,27,31). The van der Waals surface area contributed by atoms with Crippen molar-refractivity contribution in [1.82, 2.24) is 14.8 Å². The average Bonchev–Trinajstić information content (AvgIpc) is 3.54. The number of hydrogen-bond donors (Lipinski definition) is 1. The lowest BCUT2D eigenvalue weighted by Gasteiger charge is -2.10. The van der Waals surface area contributed by atoms with Crippen LogP contribution in [0.3, 0.4) is 0 Å². The van der Waals surface area contributed by atoms with E-state index in [9.17, 15) is 10.1 Å². The Labute approximate surface area is 213 Å². The van der Waals surface area contributed by atoms with E-state index in [1.807, 2.05) is 47.0 Å². The lowest BCUT2D eigenvalue weighted by atomic mass is 9.96. The van der Waals surface area contributed by atoms with Crippen LogP contribution in [-0.2, 0) is 24.2 Å². The number of aromatic nitrogens is 3. The number of carbonyl (C=O) groups excluding carboxylic acids is 1. The Morgan fingerprint density at radius 1 is 1.21 bits per heavy atom. The maximum Gasteiger partial charge on any atom is 0.235 e. The predicted octanol–water partition coefficient (Wildman–Crippen LogP) is 5.89. The number of carbonyl (C=O) groups is 1. The van der Waals surface area contributed by atoms with Crippen LogP contribution < -0.4 is 5.32 Å². The molecule has 10 heteroatoms. The molecule has 0 saturated carbocycles. The van der Waals surface area contributed by atoms with Gasteiger partial charge < -0.3 is 9.73 Å². The third-order valence-electron chi connectivity index (χ3n) is 5.56. The number of furan rings is 1. The Morgan fingerprint density at radius 3 is 2.79 bits per heavy atom. The van der Waals surface area contributed by atoms with Crippen LogP contribution >= 0.6 is 39.0 Å². The van der Waals surface area contributed by atoms with Crippen molar-refractivity contribution in [3.05, 3.63) is 68.7 Å². The highest BCUT2D eigenvalue weighted by Crippen LogP contribution is 2.37. The van der Waals surface area contributed by atoms with Crippen molar-refractivity contribution in [3.63, 3.8) is 0 Å². The van der Waals surface area contributed by atoms with Crippen molar-refractivity contribution in [2.24, 2.45) is 0 Å².